The van der Waals surface area contributed by atoms with Gasteiger partial charge in [-0.3, -0.25) is 4.79 Å². The maximum Gasteiger partial charge on any atom is 0.270 e. The van der Waals surface area contributed by atoms with Crippen LogP contribution in [0.15, 0.2) is 17.5 Å². The van der Waals surface area contributed by atoms with Crippen molar-refractivity contribution in [1.29, 1.82) is 0 Å². The minimum absolute atomic E-state index is 0.121. The Hall–Kier alpha value is -1.29. The van der Waals surface area contributed by atoms with Gasteiger partial charge in [-0.05, 0) is 31.4 Å². The highest BCUT2D eigenvalue weighted by molar-refractivity contribution is 7.17. The molecule has 0 unspecified atom stereocenters. The Kier molecular flexibility index (Phi) is 3.01. The Bertz CT molecular complexity index is 508. The first kappa shape index (κ1) is 11.2. The number of rotatable bonds is 3. The van der Waals surface area contributed by atoms with Gasteiger partial charge in [0.25, 0.3) is 5.91 Å². The summed E-state index contributed by atoms with van der Waals surface area (Å²) in [4.78, 5) is 14.1. The van der Waals surface area contributed by atoms with Gasteiger partial charge in [-0.15, -0.1) is 11.3 Å². The molecule has 0 bridgehead atoms. The zero-order chi connectivity index (χ0) is 11.7. The lowest BCUT2D eigenvalue weighted by Crippen LogP contribution is -2.31. The van der Waals surface area contributed by atoms with Crippen molar-refractivity contribution in [3.8, 4) is 0 Å². The topological polar surface area (TPSA) is 25.2 Å². The van der Waals surface area contributed by atoms with Crippen LogP contribution in [0.2, 0.25) is 0 Å². The third-order valence-corrected chi connectivity index (χ3v) is 3.79. The van der Waals surface area contributed by atoms with Gasteiger partial charge in [0.1, 0.15) is 5.69 Å². The van der Waals surface area contributed by atoms with E-state index in [0.717, 1.165) is 24.3 Å². The maximum absolute atomic E-state index is 12.2. The molecule has 16 heavy (non-hydrogen) atoms. The Morgan fingerprint density at radius 2 is 2.12 bits per heavy atom. The summed E-state index contributed by atoms with van der Waals surface area (Å²) >= 11 is 1.68. The fourth-order valence-corrected chi connectivity index (χ4v) is 2.78. The fourth-order valence-electron chi connectivity index (χ4n) is 1.93. The average molecular weight is 236 g/mol. The van der Waals surface area contributed by atoms with Crippen molar-refractivity contribution in [3.05, 3.63) is 23.2 Å². The van der Waals surface area contributed by atoms with E-state index in [1.54, 1.807) is 11.3 Å². The maximum atomic E-state index is 12.2. The summed E-state index contributed by atoms with van der Waals surface area (Å²) in [5, 5.41) is 2.05. The molecule has 4 heteroatoms. The summed E-state index contributed by atoms with van der Waals surface area (Å²) in [5.74, 6) is 0.121. The summed E-state index contributed by atoms with van der Waals surface area (Å²) in [6.07, 6.45) is 0. The molecule has 1 amide bonds. The van der Waals surface area contributed by atoms with E-state index in [9.17, 15) is 4.79 Å². The van der Waals surface area contributed by atoms with E-state index in [0.29, 0.717) is 0 Å². The zero-order valence-corrected chi connectivity index (χ0v) is 10.7. The first-order valence-corrected chi connectivity index (χ1v) is 6.39. The van der Waals surface area contributed by atoms with Gasteiger partial charge in [-0.1, -0.05) is 0 Å². The molecule has 0 saturated carbocycles. The molecular formula is C12H16N2OS. The van der Waals surface area contributed by atoms with E-state index in [2.05, 4.69) is 11.4 Å². The smallest absolute Gasteiger partial charge is 0.270 e. The molecule has 0 radical (unpaired) electrons. The van der Waals surface area contributed by atoms with Crippen molar-refractivity contribution in [2.45, 2.75) is 13.8 Å². The molecule has 3 nitrogen and oxygen atoms in total. The van der Waals surface area contributed by atoms with Crippen molar-refractivity contribution in [1.82, 2.24) is 9.47 Å². The second-order valence-electron chi connectivity index (χ2n) is 3.74. The number of nitrogens with zero attached hydrogens (tertiary/aromatic N) is 2. The minimum atomic E-state index is 0.121. The molecule has 0 fully saturated rings. The van der Waals surface area contributed by atoms with Gasteiger partial charge >= 0.3 is 0 Å². The van der Waals surface area contributed by atoms with Crippen molar-refractivity contribution < 1.29 is 4.79 Å². The Balaban J connectivity index is 2.42. The van der Waals surface area contributed by atoms with Crippen LogP contribution in [0.3, 0.4) is 0 Å². The van der Waals surface area contributed by atoms with Crippen LogP contribution in [0.5, 0.6) is 0 Å². The van der Waals surface area contributed by atoms with Crippen molar-refractivity contribution in [2.24, 2.45) is 7.05 Å². The van der Waals surface area contributed by atoms with E-state index in [1.807, 2.05) is 36.4 Å². The lowest BCUT2D eigenvalue weighted by atomic mass is 10.3. The Morgan fingerprint density at radius 1 is 1.44 bits per heavy atom. The lowest BCUT2D eigenvalue weighted by molar-refractivity contribution is 0.0764. The predicted octanol–water partition coefficient (Wildman–Crippen LogP) is 2.72. The second kappa shape index (κ2) is 4.29. The molecule has 2 aromatic rings. The van der Waals surface area contributed by atoms with Crippen LogP contribution < -0.4 is 0 Å². The molecule has 0 spiro atoms. The standard InChI is InChI=1S/C12H16N2OS/c1-4-14(5-2)12(15)10-8-11-9(13(10)3)6-7-16-11/h6-8H,4-5H2,1-3H3. The van der Waals surface area contributed by atoms with Crippen LogP contribution >= 0.6 is 11.3 Å². The average Bonchev–Trinajstić information content (AvgIpc) is 2.83. The number of hydrogen-bond donors (Lipinski definition) is 0. The van der Waals surface area contributed by atoms with E-state index >= 15 is 0 Å². The molecule has 0 N–H and O–H groups in total. The van der Waals surface area contributed by atoms with Gasteiger partial charge in [0, 0.05) is 20.1 Å². The van der Waals surface area contributed by atoms with Crippen LogP contribution in [-0.4, -0.2) is 28.5 Å². The SMILES string of the molecule is CCN(CC)C(=O)c1cc2sccc2n1C. The summed E-state index contributed by atoms with van der Waals surface area (Å²) in [6, 6.07) is 4.04. The van der Waals surface area contributed by atoms with E-state index < -0.39 is 0 Å². The van der Waals surface area contributed by atoms with Gasteiger partial charge in [0.05, 0.1) is 10.2 Å². The molecule has 0 aliphatic heterocycles. The monoisotopic (exact) mass is 236 g/mol. The normalized spacial score (nSPS) is 10.9. The number of aryl methyl sites for hydroxylation is 1. The van der Waals surface area contributed by atoms with Crippen molar-refractivity contribution >= 4 is 27.5 Å². The molecule has 2 heterocycles. The lowest BCUT2D eigenvalue weighted by Gasteiger charge is -2.18. The largest absolute Gasteiger partial charge is 0.339 e. The Morgan fingerprint density at radius 3 is 2.69 bits per heavy atom. The number of carbonyl (C=O) groups is 1. The third kappa shape index (κ3) is 1.63. The minimum Gasteiger partial charge on any atom is -0.339 e. The molecule has 0 atom stereocenters. The van der Waals surface area contributed by atoms with E-state index in [4.69, 9.17) is 0 Å². The van der Waals surface area contributed by atoms with Gasteiger partial charge in [-0.25, -0.2) is 0 Å². The van der Waals surface area contributed by atoms with Crippen LogP contribution in [0.4, 0.5) is 0 Å². The van der Waals surface area contributed by atoms with Gasteiger partial charge in [-0.2, -0.15) is 0 Å². The van der Waals surface area contributed by atoms with Crippen LogP contribution in [0.25, 0.3) is 10.2 Å². The summed E-state index contributed by atoms with van der Waals surface area (Å²) in [6.45, 7) is 5.53. The molecule has 0 saturated heterocycles. The highest BCUT2D eigenvalue weighted by Gasteiger charge is 2.17. The van der Waals surface area contributed by atoms with E-state index in [1.165, 1.54) is 4.70 Å². The molecule has 2 aromatic heterocycles. The predicted molar refractivity (Wildman–Crippen MR) is 68.0 cm³/mol. The highest BCUT2D eigenvalue weighted by Crippen LogP contribution is 2.24. The summed E-state index contributed by atoms with van der Waals surface area (Å²) in [7, 11) is 1.95. The number of amides is 1. The highest BCUT2D eigenvalue weighted by atomic mass is 32.1. The Labute approximate surface area is 99.3 Å². The van der Waals surface area contributed by atoms with Crippen LogP contribution in [-0.2, 0) is 7.05 Å². The number of carbonyl (C=O) groups excluding carboxylic acids is 1. The molecule has 2 rings (SSSR count). The number of thiophene rings is 1. The van der Waals surface area contributed by atoms with Gasteiger partial charge in [0.2, 0.25) is 0 Å². The molecule has 0 aliphatic rings. The molecule has 86 valence electrons. The first-order chi connectivity index (χ1) is 7.69. The quantitative estimate of drug-likeness (QED) is 0.804. The second-order valence-corrected chi connectivity index (χ2v) is 4.68. The number of aromatic nitrogens is 1. The van der Waals surface area contributed by atoms with Gasteiger partial charge in [0.15, 0.2) is 0 Å². The summed E-state index contributed by atoms with van der Waals surface area (Å²) < 4.78 is 3.16. The molecule has 0 aliphatic carbocycles. The van der Waals surface area contributed by atoms with Crippen LogP contribution in [0, 0.1) is 0 Å². The fraction of sp³-hybridized carbons (Fsp3) is 0.417. The third-order valence-electron chi connectivity index (χ3n) is 2.93. The molecular weight excluding hydrogens is 220 g/mol. The number of fused-ring (bicyclic) bond motifs is 1. The zero-order valence-electron chi connectivity index (χ0n) is 9.86. The van der Waals surface area contributed by atoms with Crippen molar-refractivity contribution in [2.75, 3.05) is 13.1 Å². The van der Waals surface area contributed by atoms with Crippen LogP contribution in [0.1, 0.15) is 24.3 Å². The first-order valence-electron chi connectivity index (χ1n) is 5.51. The van der Waals surface area contributed by atoms with Gasteiger partial charge < -0.3 is 9.47 Å². The van der Waals surface area contributed by atoms with E-state index in [-0.39, 0.29) is 5.91 Å². The molecule has 0 aromatic carbocycles. The van der Waals surface area contributed by atoms with Crippen molar-refractivity contribution in [3.63, 3.8) is 0 Å². The number of hydrogen-bond acceptors (Lipinski definition) is 2. The summed E-state index contributed by atoms with van der Waals surface area (Å²) in [5.41, 5.74) is 1.92.